The Morgan fingerprint density at radius 2 is 2.14 bits per heavy atom. The molecule has 4 nitrogen and oxygen atoms in total. The Labute approximate surface area is 129 Å². The smallest absolute Gasteiger partial charge is 0.222 e. The van der Waals surface area contributed by atoms with Crippen LogP contribution in [-0.4, -0.2) is 36.5 Å². The SMILES string of the molecule is COc1ccccc1CCC(=O)N(C)CCc1nccs1. The van der Waals surface area contributed by atoms with Crippen LogP contribution in [0.2, 0.25) is 0 Å². The van der Waals surface area contributed by atoms with E-state index in [2.05, 4.69) is 4.98 Å². The molecule has 5 heteroatoms. The summed E-state index contributed by atoms with van der Waals surface area (Å²) in [5.74, 6) is 0.994. The number of para-hydroxylation sites is 1. The van der Waals surface area contributed by atoms with Gasteiger partial charge in [-0.05, 0) is 18.1 Å². The fourth-order valence-electron chi connectivity index (χ4n) is 2.11. The van der Waals surface area contributed by atoms with E-state index < -0.39 is 0 Å². The highest BCUT2D eigenvalue weighted by molar-refractivity contribution is 7.09. The van der Waals surface area contributed by atoms with E-state index in [0.717, 1.165) is 22.7 Å². The number of amides is 1. The van der Waals surface area contributed by atoms with Crippen molar-refractivity contribution in [3.05, 3.63) is 46.4 Å². The molecule has 0 spiro atoms. The fraction of sp³-hybridized carbons (Fsp3) is 0.375. The van der Waals surface area contributed by atoms with E-state index in [4.69, 9.17) is 4.74 Å². The number of rotatable bonds is 7. The van der Waals surface area contributed by atoms with E-state index in [1.54, 1.807) is 29.5 Å². The summed E-state index contributed by atoms with van der Waals surface area (Å²) < 4.78 is 5.30. The Kier molecular flexibility index (Phi) is 5.75. The zero-order valence-corrected chi connectivity index (χ0v) is 13.2. The number of hydrogen-bond acceptors (Lipinski definition) is 4. The van der Waals surface area contributed by atoms with Crippen molar-refractivity contribution < 1.29 is 9.53 Å². The molecule has 1 amide bonds. The second-order valence-corrected chi connectivity index (χ2v) is 5.78. The van der Waals surface area contributed by atoms with Gasteiger partial charge in [-0.3, -0.25) is 4.79 Å². The normalized spacial score (nSPS) is 10.4. The van der Waals surface area contributed by atoms with Crippen LogP contribution in [0.25, 0.3) is 0 Å². The molecule has 0 atom stereocenters. The summed E-state index contributed by atoms with van der Waals surface area (Å²) in [4.78, 5) is 18.1. The van der Waals surface area contributed by atoms with Crippen LogP contribution in [0.15, 0.2) is 35.8 Å². The number of thiazole rings is 1. The van der Waals surface area contributed by atoms with Gasteiger partial charge in [-0.15, -0.1) is 11.3 Å². The zero-order valence-electron chi connectivity index (χ0n) is 12.4. The first-order chi connectivity index (χ1) is 10.2. The van der Waals surface area contributed by atoms with Gasteiger partial charge in [-0.2, -0.15) is 0 Å². The summed E-state index contributed by atoms with van der Waals surface area (Å²) >= 11 is 1.63. The van der Waals surface area contributed by atoms with E-state index >= 15 is 0 Å². The Hall–Kier alpha value is -1.88. The number of ether oxygens (including phenoxy) is 1. The molecule has 0 bridgehead atoms. The van der Waals surface area contributed by atoms with Gasteiger partial charge < -0.3 is 9.64 Å². The lowest BCUT2D eigenvalue weighted by Gasteiger charge is -2.17. The Morgan fingerprint density at radius 1 is 1.33 bits per heavy atom. The minimum absolute atomic E-state index is 0.150. The second kappa shape index (κ2) is 7.78. The van der Waals surface area contributed by atoms with Crippen LogP contribution in [-0.2, 0) is 17.6 Å². The van der Waals surface area contributed by atoms with Gasteiger partial charge in [0.25, 0.3) is 0 Å². The average molecular weight is 304 g/mol. The van der Waals surface area contributed by atoms with Crippen LogP contribution in [0.4, 0.5) is 0 Å². The maximum absolute atomic E-state index is 12.1. The lowest BCUT2D eigenvalue weighted by Crippen LogP contribution is -2.29. The van der Waals surface area contributed by atoms with E-state index in [-0.39, 0.29) is 5.91 Å². The number of benzene rings is 1. The van der Waals surface area contributed by atoms with Crippen molar-refractivity contribution >= 4 is 17.2 Å². The Balaban J connectivity index is 1.80. The minimum Gasteiger partial charge on any atom is -0.496 e. The minimum atomic E-state index is 0.150. The molecule has 0 saturated heterocycles. The molecule has 1 heterocycles. The van der Waals surface area contributed by atoms with Gasteiger partial charge in [0, 0.05) is 38.0 Å². The predicted molar refractivity (Wildman–Crippen MR) is 84.8 cm³/mol. The first-order valence-electron chi connectivity index (χ1n) is 6.95. The van der Waals surface area contributed by atoms with Crippen molar-refractivity contribution in [2.24, 2.45) is 0 Å². The van der Waals surface area contributed by atoms with Gasteiger partial charge in [-0.25, -0.2) is 4.98 Å². The Morgan fingerprint density at radius 3 is 2.86 bits per heavy atom. The topological polar surface area (TPSA) is 42.4 Å². The van der Waals surface area contributed by atoms with Gasteiger partial charge in [0.1, 0.15) is 5.75 Å². The standard InChI is InChI=1S/C16H20N2O2S/c1-18(11-9-15-17-10-12-21-15)16(19)8-7-13-5-3-4-6-14(13)20-2/h3-6,10,12H,7-9,11H2,1-2H3. The zero-order chi connectivity index (χ0) is 15.1. The van der Waals surface area contributed by atoms with Gasteiger partial charge in [-0.1, -0.05) is 18.2 Å². The van der Waals surface area contributed by atoms with Crippen molar-refractivity contribution in [2.75, 3.05) is 20.7 Å². The number of nitrogens with zero attached hydrogens (tertiary/aromatic N) is 2. The molecular weight excluding hydrogens is 284 g/mol. The number of carbonyl (C=O) groups is 1. The molecule has 0 saturated carbocycles. The lowest BCUT2D eigenvalue weighted by atomic mass is 10.1. The van der Waals surface area contributed by atoms with Crippen molar-refractivity contribution in [2.45, 2.75) is 19.3 Å². The average Bonchev–Trinajstić information content (AvgIpc) is 3.03. The number of aromatic nitrogens is 1. The van der Waals surface area contributed by atoms with Gasteiger partial charge in [0.15, 0.2) is 0 Å². The number of hydrogen-bond donors (Lipinski definition) is 0. The van der Waals surface area contributed by atoms with Crippen LogP contribution in [0.1, 0.15) is 17.0 Å². The van der Waals surface area contributed by atoms with E-state index in [1.807, 2.05) is 36.7 Å². The summed E-state index contributed by atoms with van der Waals surface area (Å²) in [6.07, 6.45) is 3.80. The van der Waals surface area contributed by atoms with E-state index in [9.17, 15) is 4.79 Å². The number of aryl methyl sites for hydroxylation is 1. The molecule has 0 radical (unpaired) electrons. The Bertz CT molecular complexity index is 569. The maximum atomic E-state index is 12.1. The van der Waals surface area contributed by atoms with Crippen LogP contribution in [0.5, 0.6) is 5.75 Å². The molecule has 2 rings (SSSR count). The number of carbonyl (C=O) groups excluding carboxylic acids is 1. The van der Waals surface area contributed by atoms with Gasteiger partial charge >= 0.3 is 0 Å². The first-order valence-corrected chi connectivity index (χ1v) is 7.83. The highest BCUT2D eigenvalue weighted by Crippen LogP contribution is 2.19. The molecule has 0 N–H and O–H groups in total. The van der Waals surface area contributed by atoms with Crippen LogP contribution in [0.3, 0.4) is 0 Å². The third kappa shape index (κ3) is 4.56. The third-order valence-corrected chi connectivity index (χ3v) is 4.21. The second-order valence-electron chi connectivity index (χ2n) is 4.80. The molecule has 112 valence electrons. The van der Waals surface area contributed by atoms with Crippen LogP contribution < -0.4 is 4.74 Å². The molecule has 0 fully saturated rings. The summed E-state index contributed by atoms with van der Waals surface area (Å²) in [6, 6.07) is 7.83. The lowest BCUT2D eigenvalue weighted by molar-refractivity contribution is -0.129. The van der Waals surface area contributed by atoms with Crippen LogP contribution >= 0.6 is 11.3 Å². The van der Waals surface area contributed by atoms with Crippen molar-refractivity contribution in [1.82, 2.24) is 9.88 Å². The molecule has 2 aromatic rings. The van der Waals surface area contributed by atoms with Crippen molar-refractivity contribution in [3.63, 3.8) is 0 Å². The van der Waals surface area contributed by atoms with Gasteiger partial charge in [0.2, 0.25) is 5.91 Å². The van der Waals surface area contributed by atoms with Gasteiger partial charge in [0.05, 0.1) is 12.1 Å². The molecular formula is C16H20N2O2S. The van der Waals surface area contributed by atoms with E-state index in [0.29, 0.717) is 19.4 Å². The molecule has 0 unspecified atom stereocenters. The summed E-state index contributed by atoms with van der Waals surface area (Å²) in [5.41, 5.74) is 1.07. The van der Waals surface area contributed by atoms with E-state index in [1.165, 1.54) is 0 Å². The molecule has 1 aromatic heterocycles. The number of likely N-dealkylation sites (N-methyl/N-ethyl adjacent to an activating group) is 1. The maximum Gasteiger partial charge on any atom is 0.222 e. The molecule has 0 aliphatic carbocycles. The summed E-state index contributed by atoms with van der Waals surface area (Å²) in [5, 5.41) is 3.03. The van der Waals surface area contributed by atoms with Crippen molar-refractivity contribution in [1.29, 1.82) is 0 Å². The quantitative estimate of drug-likeness (QED) is 0.790. The first kappa shape index (κ1) is 15.5. The number of methoxy groups -OCH3 is 1. The van der Waals surface area contributed by atoms with Crippen molar-refractivity contribution in [3.8, 4) is 5.75 Å². The molecule has 1 aromatic carbocycles. The highest BCUT2D eigenvalue weighted by Gasteiger charge is 2.11. The highest BCUT2D eigenvalue weighted by atomic mass is 32.1. The largest absolute Gasteiger partial charge is 0.496 e. The molecule has 0 aliphatic heterocycles. The molecule has 0 aliphatic rings. The summed E-state index contributed by atoms with van der Waals surface area (Å²) in [7, 11) is 3.50. The summed E-state index contributed by atoms with van der Waals surface area (Å²) in [6.45, 7) is 0.707. The monoisotopic (exact) mass is 304 g/mol. The fourth-order valence-corrected chi connectivity index (χ4v) is 2.72. The third-order valence-electron chi connectivity index (χ3n) is 3.37. The molecule has 21 heavy (non-hydrogen) atoms. The predicted octanol–water partition coefficient (Wildman–Crippen LogP) is 2.79. The van der Waals surface area contributed by atoms with Crippen LogP contribution in [0, 0.1) is 0 Å².